The van der Waals surface area contributed by atoms with E-state index in [1.165, 1.54) is 19.1 Å². The molecule has 0 spiro atoms. The number of aliphatic hydroxyl groups is 2. The third-order valence-corrected chi connectivity index (χ3v) is 11.9. The zero-order chi connectivity index (χ0) is 82.4. The maximum atomic E-state index is 11.8. The molecule has 1 heterocycles. The number of carboxylic acid groups (broad SMARTS) is 6. The van der Waals surface area contributed by atoms with Gasteiger partial charge >= 0.3 is 72.3 Å². The van der Waals surface area contributed by atoms with Gasteiger partial charge in [-0.3, -0.25) is 14.4 Å². The summed E-state index contributed by atoms with van der Waals surface area (Å²) in [4.78, 5) is 147. The molecule has 1 aromatic heterocycles. The van der Waals surface area contributed by atoms with Crippen LogP contribution in [0.5, 0.6) is 5.75 Å². The molecule has 0 unspecified atom stereocenters. The van der Waals surface area contributed by atoms with Gasteiger partial charge in [-0.05, 0) is 193 Å². The monoisotopic (exact) mass is 1500 g/mol. The van der Waals surface area contributed by atoms with Crippen LogP contribution in [0.3, 0.4) is 0 Å². The number of phenolic OH excluding ortho intramolecular Hbond substituents is 1. The number of nitrogens with two attached hydrogens (primary N) is 2. The first-order valence-electron chi connectivity index (χ1n) is 32.9. The van der Waals surface area contributed by atoms with Gasteiger partial charge in [0.15, 0.2) is 6.04 Å². The van der Waals surface area contributed by atoms with Crippen LogP contribution in [-0.2, 0) is 79.6 Å². The molecule has 0 fully saturated rings. The number of hydrogen-bond donors (Lipinski definition) is 17. The number of hydrogen-bond acceptors (Lipinski definition) is 23. The summed E-state index contributed by atoms with van der Waals surface area (Å²) >= 11 is 0. The molecule has 7 atom stereocenters. The Labute approximate surface area is 610 Å². The SMILES string of the molecule is CC(C)(C)OC(=O)N[C@@H](CCC(N)=O)C(=O)O.CC(C)(C)OC(=O)N[C@@H](CCCCN)C(=O)O.CC(C)(C)OC(=O)N[C@@H](CO)C(=O)O.CC(C)(C)OC(=O)N[C@@H](Cc1c[nH]c2ccccc12)C(=O)O.CC(C)(C)OC(=O)N[C@@H](Cc1ccc(O)cc1)C(=O)O.C[C@@H](O)[C@H](CC(=O)OC(C)(C)C)C(=O)O. The average Bonchev–Trinajstić information content (AvgIpc) is 1.69. The molecule has 0 radical (unpaired) electrons. The van der Waals surface area contributed by atoms with Crippen molar-refractivity contribution >= 4 is 89.1 Å². The number of carbonyl (C=O) groups is 13. The summed E-state index contributed by atoms with van der Waals surface area (Å²) in [5.74, 6) is -9.31. The molecule has 105 heavy (non-hydrogen) atoms. The van der Waals surface area contributed by atoms with Gasteiger partial charge in [0.2, 0.25) is 5.91 Å². The molecule has 0 saturated heterocycles. The van der Waals surface area contributed by atoms with Gasteiger partial charge in [-0.25, -0.2) is 47.9 Å². The van der Waals surface area contributed by atoms with Crippen molar-refractivity contribution in [3.05, 3.63) is 65.9 Å². The predicted octanol–water partition coefficient (Wildman–Crippen LogP) is 6.68. The van der Waals surface area contributed by atoms with Crippen LogP contribution in [-0.4, -0.2) is 212 Å². The number of primary amides is 1. The third-order valence-electron chi connectivity index (χ3n) is 11.9. The van der Waals surface area contributed by atoms with E-state index in [1.54, 1.807) is 143 Å². The zero-order valence-electron chi connectivity index (χ0n) is 63.2. The molecule has 36 heteroatoms. The van der Waals surface area contributed by atoms with Gasteiger partial charge in [0.1, 0.15) is 63.5 Å². The van der Waals surface area contributed by atoms with Crippen LogP contribution >= 0.6 is 0 Å². The van der Waals surface area contributed by atoms with E-state index in [1.807, 2.05) is 29.6 Å². The zero-order valence-corrected chi connectivity index (χ0v) is 63.2. The molecule has 0 saturated carbocycles. The minimum atomic E-state index is -1.33. The molecule has 596 valence electrons. The average molecular weight is 1500 g/mol. The van der Waals surface area contributed by atoms with Crippen LogP contribution in [0.1, 0.15) is 181 Å². The Hall–Kier alpha value is -10.2. The summed E-state index contributed by atoms with van der Waals surface area (Å²) < 4.78 is 29.8. The lowest BCUT2D eigenvalue weighted by Gasteiger charge is -2.22. The minimum absolute atomic E-state index is 0.0656. The summed E-state index contributed by atoms with van der Waals surface area (Å²) in [5.41, 5.74) is 8.62. The highest BCUT2D eigenvalue weighted by molar-refractivity contribution is 5.86. The number of amides is 6. The Morgan fingerprint density at radius 3 is 1.12 bits per heavy atom. The van der Waals surface area contributed by atoms with Gasteiger partial charge in [0.05, 0.1) is 25.0 Å². The largest absolute Gasteiger partial charge is 0.508 e. The van der Waals surface area contributed by atoms with Crippen molar-refractivity contribution in [3.63, 3.8) is 0 Å². The van der Waals surface area contributed by atoms with E-state index in [4.69, 9.17) is 80.7 Å². The second kappa shape index (κ2) is 46.5. The van der Waals surface area contributed by atoms with Crippen molar-refractivity contribution in [1.82, 2.24) is 31.6 Å². The van der Waals surface area contributed by atoms with E-state index in [2.05, 4.69) is 26.3 Å². The highest BCUT2D eigenvalue weighted by Crippen LogP contribution is 2.21. The maximum absolute atomic E-state index is 11.8. The number of nitrogens with one attached hydrogen (secondary N) is 6. The first-order chi connectivity index (χ1) is 47.7. The van der Waals surface area contributed by atoms with Crippen LogP contribution < -0.4 is 38.1 Å². The third kappa shape index (κ3) is 53.3. The van der Waals surface area contributed by atoms with Crippen LogP contribution in [0.25, 0.3) is 10.9 Å². The second-order valence-electron chi connectivity index (χ2n) is 29.1. The Morgan fingerprint density at radius 2 is 0.800 bits per heavy atom. The fraction of sp³-hybridized carbons (Fsp3) is 0.609. The minimum Gasteiger partial charge on any atom is -0.508 e. The number of aliphatic hydroxyl groups excluding tert-OH is 2. The van der Waals surface area contributed by atoms with Gasteiger partial charge < -0.3 is 117 Å². The van der Waals surface area contributed by atoms with Crippen molar-refractivity contribution in [3.8, 4) is 5.75 Å². The number of benzene rings is 2. The van der Waals surface area contributed by atoms with E-state index in [0.717, 1.165) is 22.9 Å². The van der Waals surface area contributed by atoms with Crippen molar-refractivity contribution in [2.45, 2.75) is 253 Å². The molecule has 6 amide bonds. The summed E-state index contributed by atoms with van der Waals surface area (Å²) in [5, 5.41) is 92.4. The van der Waals surface area contributed by atoms with E-state index in [-0.39, 0.29) is 37.9 Å². The first-order valence-corrected chi connectivity index (χ1v) is 32.9. The van der Waals surface area contributed by atoms with Gasteiger partial charge in [0, 0.05) is 36.4 Å². The van der Waals surface area contributed by atoms with E-state index in [0.29, 0.717) is 24.9 Å². The van der Waals surface area contributed by atoms with Crippen LogP contribution in [0.15, 0.2) is 54.7 Å². The number of carbonyl (C=O) groups excluding carboxylic acids is 7. The van der Waals surface area contributed by atoms with Crippen LogP contribution in [0, 0.1) is 5.92 Å². The fourth-order valence-corrected chi connectivity index (χ4v) is 7.54. The maximum Gasteiger partial charge on any atom is 0.408 e. The van der Waals surface area contributed by atoms with E-state index >= 15 is 0 Å². The highest BCUT2D eigenvalue weighted by atomic mass is 16.6. The Bertz CT molecular complexity index is 3260. The number of alkyl carbamates (subject to hydrolysis) is 5. The number of aliphatic carboxylic acids is 6. The van der Waals surface area contributed by atoms with Crippen molar-refractivity contribution in [1.29, 1.82) is 0 Å². The summed E-state index contributed by atoms with van der Waals surface area (Å²) in [7, 11) is 0. The van der Waals surface area contributed by atoms with Crippen molar-refractivity contribution in [2.24, 2.45) is 17.4 Å². The van der Waals surface area contributed by atoms with Gasteiger partial charge in [-0.15, -0.1) is 0 Å². The van der Waals surface area contributed by atoms with Gasteiger partial charge in [0.25, 0.3) is 0 Å². The lowest BCUT2D eigenvalue weighted by molar-refractivity contribution is -0.162. The predicted molar refractivity (Wildman–Crippen MR) is 379 cm³/mol. The number of carboxylic acids is 6. The number of ether oxygens (including phenoxy) is 6. The standard InChI is InChI=1S/C16H20N2O4.C14H19NO5.C11H22N2O4.C10H18N2O5.C10H18O5.C8H15NO5/c1-16(2,3)22-15(21)18-13(14(19)20)8-10-9-17-12-7-5-4-6-11(10)12;1-14(2,3)20-13(19)15-11(12(17)18)8-9-4-6-10(16)7-5-9;1-11(2,3)17-10(16)13-8(9(14)15)6-4-5-7-12;1-10(2,3)17-9(16)12-6(8(14)15)4-5-7(11)13;1-6(11)7(9(13)14)5-8(12)15-10(2,3)4;1-8(2,3)14-7(13)9-5(4-10)6(11)12/h4-7,9,13,17H,8H2,1-3H3,(H,18,21)(H,19,20);4-7,11,16H,8H2,1-3H3,(H,15,19)(H,17,18);8H,4-7,12H2,1-3H3,(H,13,16)(H,14,15);6H,4-5H2,1-3H3,(H2,11,13)(H,12,16)(H,14,15);6-7,11H,5H2,1-4H3,(H,13,14);5,10H,4H2,1-3H3,(H,9,13)(H,11,12)/t13-;11-;8-;6-;6-,7+;5-/m000010/s1. The molecule has 0 aliphatic carbocycles. The van der Waals surface area contributed by atoms with Gasteiger partial charge in [-0.1, -0.05) is 30.3 Å². The fourth-order valence-electron chi connectivity index (χ4n) is 7.54. The number of phenols is 1. The number of para-hydroxylation sites is 1. The van der Waals surface area contributed by atoms with E-state index < -0.39 is 161 Å². The molecular weight excluding hydrogens is 1390 g/mol. The Kier molecular flexibility index (Phi) is 43.8. The quantitative estimate of drug-likeness (QED) is 0.0226. The number of H-pyrrole nitrogens is 1. The molecule has 3 aromatic rings. The van der Waals surface area contributed by atoms with Crippen LogP contribution in [0.4, 0.5) is 24.0 Å². The number of fused-ring (bicyclic) bond motifs is 1. The number of aromatic hydroxyl groups is 1. The van der Waals surface area contributed by atoms with Crippen molar-refractivity contribution < 1.29 is 137 Å². The molecular formula is C69H112N8O28. The number of aromatic nitrogens is 1. The molecule has 36 nitrogen and oxygen atoms in total. The second-order valence-corrected chi connectivity index (χ2v) is 29.1. The summed E-state index contributed by atoms with van der Waals surface area (Å²) in [6.07, 6.45) is -1.70. The number of unbranched alkanes of at least 4 members (excludes halogenated alkanes) is 1. The highest BCUT2D eigenvalue weighted by Gasteiger charge is 2.31. The smallest absolute Gasteiger partial charge is 0.408 e. The molecule has 19 N–H and O–H groups in total. The van der Waals surface area contributed by atoms with E-state index in [9.17, 15) is 67.4 Å². The normalized spacial score (nSPS) is 13.2. The van der Waals surface area contributed by atoms with Crippen molar-refractivity contribution in [2.75, 3.05) is 13.2 Å². The molecule has 3 rings (SSSR count). The summed E-state index contributed by atoms with van der Waals surface area (Å²) in [6, 6.07) is 8.16. The topological polar surface area (TPSA) is 587 Å². The van der Waals surface area contributed by atoms with Gasteiger partial charge in [-0.2, -0.15) is 0 Å². The molecule has 0 aliphatic rings. The molecule has 0 bridgehead atoms. The molecule has 0 aliphatic heterocycles. The molecule has 2 aromatic carbocycles. The van der Waals surface area contributed by atoms with Crippen LogP contribution in [0.2, 0.25) is 0 Å². The number of rotatable bonds is 26. The summed E-state index contributed by atoms with van der Waals surface area (Å²) in [6.45, 7) is 31.6. The first kappa shape index (κ1) is 98.9. The Morgan fingerprint density at radius 1 is 0.457 bits per heavy atom. The lowest BCUT2D eigenvalue weighted by atomic mass is 10.00. The lowest BCUT2D eigenvalue weighted by Crippen LogP contribution is -2.45. The number of esters is 1. The Balaban J connectivity index is -0.00000120. The number of aromatic amines is 1.